The lowest BCUT2D eigenvalue weighted by Crippen LogP contribution is -2.51. The Morgan fingerprint density at radius 1 is 1.37 bits per heavy atom. The van der Waals surface area contributed by atoms with Crippen LogP contribution in [0.15, 0.2) is 24.3 Å². The fourth-order valence-electron chi connectivity index (χ4n) is 3.67. The fraction of sp³-hybridized carbons (Fsp3) is 0.550. The Kier molecular flexibility index (Phi) is 7.21. The summed E-state index contributed by atoms with van der Waals surface area (Å²) in [7, 11) is 1.61. The van der Waals surface area contributed by atoms with Gasteiger partial charge in [0.05, 0.1) is 13.7 Å². The first-order valence-corrected chi connectivity index (χ1v) is 10.1. The average molecular weight is 416 g/mol. The summed E-state index contributed by atoms with van der Waals surface area (Å²) >= 11 is 0. The number of alkyl carbamates (subject to hydrolysis) is 1. The Labute approximate surface area is 175 Å². The number of carbonyl (C=O) groups excluding carboxylic acids is 2. The van der Waals surface area contributed by atoms with E-state index in [1.807, 2.05) is 24.3 Å². The van der Waals surface area contributed by atoms with Gasteiger partial charge in [0.15, 0.2) is 0 Å². The summed E-state index contributed by atoms with van der Waals surface area (Å²) in [6, 6.07) is 6.87. The minimum absolute atomic E-state index is 0.0800. The van der Waals surface area contributed by atoms with Crippen LogP contribution in [0.2, 0.25) is 0 Å². The van der Waals surface area contributed by atoms with Crippen molar-refractivity contribution in [2.24, 2.45) is 0 Å². The third-order valence-corrected chi connectivity index (χ3v) is 5.13. The summed E-state index contributed by atoms with van der Waals surface area (Å²) in [6.07, 6.45) is 1.56. The van der Waals surface area contributed by atoms with Gasteiger partial charge in [0.2, 0.25) is 5.91 Å². The van der Waals surface area contributed by atoms with E-state index in [4.69, 9.17) is 9.47 Å². The zero-order valence-corrected chi connectivity index (χ0v) is 17.6. The number of rotatable bonds is 7. The van der Waals surface area contributed by atoms with Gasteiger partial charge in [0, 0.05) is 25.6 Å². The van der Waals surface area contributed by atoms with Crippen molar-refractivity contribution >= 4 is 12.0 Å². The summed E-state index contributed by atoms with van der Waals surface area (Å²) < 4.78 is 11.8. The Morgan fingerprint density at radius 2 is 2.20 bits per heavy atom. The highest BCUT2D eigenvalue weighted by Crippen LogP contribution is 2.23. The highest BCUT2D eigenvalue weighted by atomic mass is 16.5. The highest BCUT2D eigenvalue weighted by Gasteiger charge is 2.32. The number of benzene rings is 1. The van der Waals surface area contributed by atoms with Crippen LogP contribution in [0.1, 0.15) is 37.2 Å². The lowest BCUT2D eigenvalue weighted by Gasteiger charge is -2.35. The monoisotopic (exact) mass is 416 g/mol. The molecule has 1 aliphatic heterocycles. The van der Waals surface area contributed by atoms with Crippen molar-refractivity contribution < 1.29 is 19.1 Å². The normalized spacial score (nSPS) is 17.3. The van der Waals surface area contributed by atoms with Gasteiger partial charge < -0.3 is 19.7 Å². The predicted octanol–water partition coefficient (Wildman–Crippen LogP) is 1.51. The number of nitrogens with one attached hydrogen (secondary N) is 1. The first kappa shape index (κ1) is 21.5. The Hall–Kier alpha value is -3.17. The van der Waals surface area contributed by atoms with Crippen molar-refractivity contribution in [1.29, 1.82) is 0 Å². The molecule has 0 radical (unpaired) electrons. The smallest absolute Gasteiger partial charge is 0.407 e. The molecule has 2 aromatic rings. The van der Waals surface area contributed by atoms with Gasteiger partial charge in [-0.05, 0) is 54.8 Å². The largest absolute Gasteiger partial charge is 0.497 e. The SMILES string of the molecule is CCOC(=O)N[C@@H]1CCCN(C(=O)[C@@H](Cc2cccc(OC)c2)n2nnnc2C)C1. The summed E-state index contributed by atoms with van der Waals surface area (Å²) in [5.74, 6) is 1.21. The molecule has 1 aromatic heterocycles. The minimum atomic E-state index is -0.589. The van der Waals surface area contributed by atoms with Crippen molar-refractivity contribution in [3.63, 3.8) is 0 Å². The molecule has 1 saturated heterocycles. The molecular formula is C20H28N6O4. The van der Waals surface area contributed by atoms with E-state index in [0.29, 0.717) is 31.9 Å². The number of likely N-dealkylation sites (tertiary alicyclic amines) is 1. The molecule has 0 saturated carbocycles. The zero-order chi connectivity index (χ0) is 21.5. The lowest BCUT2D eigenvalue weighted by atomic mass is 10.0. The minimum Gasteiger partial charge on any atom is -0.497 e. The van der Waals surface area contributed by atoms with Crippen LogP contribution in [0.25, 0.3) is 0 Å². The molecule has 2 heterocycles. The second-order valence-corrected chi connectivity index (χ2v) is 7.23. The van der Waals surface area contributed by atoms with Crippen LogP contribution >= 0.6 is 0 Å². The number of carbonyl (C=O) groups is 2. The number of tetrazole rings is 1. The molecule has 2 amide bonds. The van der Waals surface area contributed by atoms with Gasteiger partial charge in [-0.1, -0.05) is 12.1 Å². The molecule has 10 nitrogen and oxygen atoms in total. The maximum atomic E-state index is 13.5. The standard InChI is InChI=1S/C20H28N6O4/c1-4-30-20(28)21-16-8-6-10-25(13-16)19(27)18(26-14(2)22-23-24-26)12-15-7-5-9-17(11-15)29-3/h5,7,9,11,16,18H,4,6,8,10,12-13H2,1-3H3,(H,21,28)/t16-,18-/m1/s1. The van der Waals surface area contributed by atoms with Crippen LogP contribution < -0.4 is 10.1 Å². The van der Waals surface area contributed by atoms with Crippen molar-refractivity contribution in [1.82, 2.24) is 30.4 Å². The van der Waals surface area contributed by atoms with Crippen molar-refractivity contribution in [3.8, 4) is 5.75 Å². The van der Waals surface area contributed by atoms with Crippen molar-refractivity contribution in [2.75, 3.05) is 26.8 Å². The molecule has 10 heteroatoms. The molecule has 1 aliphatic rings. The van der Waals surface area contributed by atoms with Crippen LogP contribution in [0.4, 0.5) is 4.79 Å². The Bertz CT molecular complexity index is 870. The number of aromatic nitrogens is 4. The number of amides is 2. The number of ether oxygens (including phenoxy) is 2. The number of aryl methyl sites for hydroxylation is 1. The van der Waals surface area contributed by atoms with E-state index in [1.165, 1.54) is 0 Å². The van der Waals surface area contributed by atoms with E-state index in [0.717, 1.165) is 24.2 Å². The van der Waals surface area contributed by atoms with Gasteiger partial charge in [-0.15, -0.1) is 5.10 Å². The highest BCUT2D eigenvalue weighted by molar-refractivity contribution is 5.81. The molecule has 1 fully saturated rings. The van der Waals surface area contributed by atoms with Crippen LogP contribution in [0.3, 0.4) is 0 Å². The molecule has 0 aliphatic carbocycles. The van der Waals surface area contributed by atoms with Crippen LogP contribution in [0, 0.1) is 6.92 Å². The third-order valence-electron chi connectivity index (χ3n) is 5.13. The summed E-state index contributed by atoms with van der Waals surface area (Å²) in [4.78, 5) is 27.0. The molecule has 162 valence electrons. The first-order valence-electron chi connectivity index (χ1n) is 10.1. The molecule has 30 heavy (non-hydrogen) atoms. The van der Waals surface area contributed by atoms with E-state index in [-0.39, 0.29) is 11.9 Å². The second-order valence-electron chi connectivity index (χ2n) is 7.23. The number of methoxy groups -OCH3 is 1. The molecule has 2 atom stereocenters. The number of nitrogens with zero attached hydrogens (tertiary/aromatic N) is 5. The van der Waals surface area contributed by atoms with E-state index in [9.17, 15) is 9.59 Å². The quantitative estimate of drug-likeness (QED) is 0.728. The van der Waals surface area contributed by atoms with E-state index >= 15 is 0 Å². The molecule has 1 aromatic carbocycles. The zero-order valence-electron chi connectivity index (χ0n) is 17.6. The molecule has 3 rings (SSSR count). The third kappa shape index (κ3) is 5.25. The molecule has 0 bridgehead atoms. The topological polar surface area (TPSA) is 111 Å². The average Bonchev–Trinajstić information content (AvgIpc) is 3.17. The van der Waals surface area contributed by atoms with E-state index in [1.54, 1.807) is 30.5 Å². The summed E-state index contributed by atoms with van der Waals surface area (Å²) in [5, 5.41) is 14.5. The fourth-order valence-corrected chi connectivity index (χ4v) is 3.67. The Balaban J connectivity index is 1.78. The van der Waals surface area contributed by atoms with Crippen LogP contribution in [0.5, 0.6) is 5.75 Å². The van der Waals surface area contributed by atoms with Gasteiger partial charge in [0.1, 0.15) is 17.6 Å². The molecule has 0 spiro atoms. The van der Waals surface area contributed by atoms with Gasteiger partial charge >= 0.3 is 6.09 Å². The van der Waals surface area contributed by atoms with Crippen molar-refractivity contribution in [3.05, 3.63) is 35.7 Å². The van der Waals surface area contributed by atoms with Crippen molar-refractivity contribution in [2.45, 2.75) is 45.2 Å². The Morgan fingerprint density at radius 3 is 2.90 bits per heavy atom. The molecule has 1 N–H and O–H groups in total. The maximum absolute atomic E-state index is 13.5. The number of hydrogen-bond donors (Lipinski definition) is 1. The number of hydrogen-bond acceptors (Lipinski definition) is 7. The number of piperidine rings is 1. The lowest BCUT2D eigenvalue weighted by molar-refractivity contribution is -0.136. The predicted molar refractivity (Wildman–Crippen MR) is 108 cm³/mol. The van der Waals surface area contributed by atoms with Gasteiger partial charge in [-0.2, -0.15) is 0 Å². The van der Waals surface area contributed by atoms with Gasteiger partial charge in [-0.25, -0.2) is 9.48 Å². The van der Waals surface area contributed by atoms with Crippen LogP contribution in [-0.2, 0) is 16.0 Å². The molecule has 0 unspecified atom stereocenters. The summed E-state index contributed by atoms with van der Waals surface area (Å²) in [6.45, 7) is 4.88. The van der Waals surface area contributed by atoms with Gasteiger partial charge in [0.25, 0.3) is 0 Å². The van der Waals surface area contributed by atoms with E-state index in [2.05, 4.69) is 20.8 Å². The van der Waals surface area contributed by atoms with E-state index < -0.39 is 12.1 Å². The second kappa shape index (κ2) is 10.0. The van der Waals surface area contributed by atoms with Crippen LogP contribution in [-0.4, -0.2) is 70.0 Å². The first-order chi connectivity index (χ1) is 14.5. The van der Waals surface area contributed by atoms with Gasteiger partial charge in [-0.3, -0.25) is 4.79 Å². The maximum Gasteiger partial charge on any atom is 0.407 e. The summed E-state index contributed by atoms with van der Waals surface area (Å²) in [5.41, 5.74) is 0.945. The molecular weight excluding hydrogens is 388 g/mol.